The highest BCUT2D eigenvalue weighted by molar-refractivity contribution is 8.01. The predicted octanol–water partition coefficient (Wildman–Crippen LogP) is 5.80. The van der Waals surface area contributed by atoms with E-state index in [9.17, 15) is 0 Å². The average Bonchev–Trinajstić information content (AvgIpc) is 3.34. The van der Waals surface area contributed by atoms with Crippen molar-refractivity contribution >= 4 is 33.9 Å². The lowest BCUT2D eigenvalue weighted by molar-refractivity contribution is 0.509. The van der Waals surface area contributed by atoms with Gasteiger partial charge in [-0.15, -0.1) is 20.4 Å². The zero-order chi connectivity index (χ0) is 19.5. The topological polar surface area (TPSA) is 76.7 Å². The van der Waals surface area contributed by atoms with Crippen molar-refractivity contribution in [3.8, 4) is 11.5 Å². The zero-order valence-corrected chi connectivity index (χ0v) is 17.3. The molecular weight excluding hydrogens is 390 g/mol. The number of anilines is 2. The van der Waals surface area contributed by atoms with Crippen LogP contribution in [0.2, 0.25) is 0 Å². The molecule has 0 aliphatic rings. The molecule has 28 heavy (non-hydrogen) atoms. The largest absolute Gasteiger partial charge is 0.419 e. The molecular formula is C20H19N5OS2. The summed E-state index contributed by atoms with van der Waals surface area (Å²) in [6, 6.07) is 16.2. The van der Waals surface area contributed by atoms with E-state index < -0.39 is 0 Å². The molecule has 8 heteroatoms. The lowest BCUT2D eigenvalue weighted by atomic mass is 10.1. The smallest absolute Gasteiger partial charge is 0.247 e. The monoisotopic (exact) mass is 409 g/mol. The number of aromatic nitrogens is 4. The van der Waals surface area contributed by atoms with E-state index in [0.29, 0.717) is 11.8 Å². The Labute approximate surface area is 171 Å². The molecule has 0 aliphatic heterocycles. The number of hydrogen-bond acceptors (Lipinski definition) is 8. The molecule has 1 atom stereocenters. The van der Waals surface area contributed by atoms with Crippen LogP contribution in [0.4, 0.5) is 10.8 Å². The second kappa shape index (κ2) is 8.12. The van der Waals surface area contributed by atoms with E-state index in [0.717, 1.165) is 20.7 Å². The Morgan fingerprint density at radius 2 is 1.57 bits per heavy atom. The minimum absolute atomic E-state index is 0.0214. The first kappa shape index (κ1) is 18.6. The number of nitrogens with one attached hydrogen (secondary N) is 1. The molecule has 0 radical (unpaired) electrons. The van der Waals surface area contributed by atoms with Crippen molar-refractivity contribution in [2.45, 2.75) is 30.4 Å². The second-order valence-electron chi connectivity index (χ2n) is 6.44. The van der Waals surface area contributed by atoms with Crippen molar-refractivity contribution < 1.29 is 4.42 Å². The van der Waals surface area contributed by atoms with Gasteiger partial charge in [-0.1, -0.05) is 58.5 Å². The van der Waals surface area contributed by atoms with E-state index in [1.54, 1.807) is 11.8 Å². The fourth-order valence-corrected chi connectivity index (χ4v) is 4.43. The molecule has 0 bridgehead atoms. The van der Waals surface area contributed by atoms with E-state index in [1.807, 2.05) is 50.2 Å². The third-order valence-corrected chi connectivity index (χ3v) is 6.08. The molecule has 2 aromatic heterocycles. The maximum Gasteiger partial charge on any atom is 0.247 e. The van der Waals surface area contributed by atoms with Crippen LogP contribution >= 0.6 is 23.1 Å². The third kappa shape index (κ3) is 4.40. The molecule has 4 rings (SSSR count). The van der Waals surface area contributed by atoms with Crippen LogP contribution in [0.1, 0.15) is 29.2 Å². The van der Waals surface area contributed by atoms with Crippen LogP contribution in [0.5, 0.6) is 0 Å². The highest BCUT2D eigenvalue weighted by atomic mass is 32.2. The van der Waals surface area contributed by atoms with E-state index in [4.69, 9.17) is 4.42 Å². The van der Waals surface area contributed by atoms with E-state index in [-0.39, 0.29) is 5.25 Å². The summed E-state index contributed by atoms with van der Waals surface area (Å²) in [4.78, 5) is 0. The van der Waals surface area contributed by atoms with Gasteiger partial charge in [0.2, 0.25) is 16.9 Å². The van der Waals surface area contributed by atoms with Crippen LogP contribution in [-0.4, -0.2) is 20.4 Å². The highest BCUT2D eigenvalue weighted by Gasteiger charge is 2.18. The number of hydrogen-bond donors (Lipinski definition) is 1. The number of benzene rings is 2. The quantitative estimate of drug-likeness (QED) is 0.403. The summed E-state index contributed by atoms with van der Waals surface area (Å²) in [6.45, 7) is 6.13. The van der Waals surface area contributed by atoms with Crippen LogP contribution in [0, 0.1) is 13.8 Å². The van der Waals surface area contributed by atoms with Gasteiger partial charge in [-0.3, -0.25) is 0 Å². The van der Waals surface area contributed by atoms with Crippen LogP contribution in [0.15, 0.2) is 57.3 Å². The van der Waals surface area contributed by atoms with Crippen LogP contribution in [0.25, 0.3) is 11.5 Å². The molecule has 4 aromatic rings. The Hall–Kier alpha value is -2.71. The van der Waals surface area contributed by atoms with Gasteiger partial charge < -0.3 is 9.73 Å². The van der Waals surface area contributed by atoms with Crippen molar-refractivity contribution in [1.82, 2.24) is 20.4 Å². The summed E-state index contributed by atoms with van der Waals surface area (Å²) in [5.74, 6) is 1.10. The van der Waals surface area contributed by atoms with Gasteiger partial charge in [-0.25, -0.2) is 0 Å². The second-order valence-corrected chi connectivity index (χ2v) is 9.00. The van der Waals surface area contributed by atoms with Gasteiger partial charge in [0, 0.05) is 11.3 Å². The summed E-state index contributed by atoms with van der Waals surface area (Å²) in [6.07, 6.45) is 0. The molecule has 0 amide bonds. The molecule has 2 aromatic carbocycles. The van der Waals surface area contributed by atoms with Crippen molar-refractivity contribution in [1.29, 1.82) is 0 Å². The van der Waals surface area contributed by atoms with Crippen LogP contribution < -0.4 is 5.32 Å². The summed E-state index contributed by atoms with van der Waals surface area (Å²) >= 11 is 3.05. The first-order chi connectivity index (χ1) is 13.6. The molecule has 0 unspecified atom stereocenters. The number of thioether (sulfide) groups is 1. The van der Waals surface area contributed by atoms with Crippen molar-refractivity contribution in [3.05, 3.63) is 65.5 Å². The molecule has 2 heterocycles. The summed E-state index contributed by atoms with van der Waals surface area (Å²) in [5, 5.41) is 20.8. The fraction of sp³-hybridized carbons (Fsp3) is 0.200. The van der Waals surface area contributed by atoms with Crippen molar-refractivity contribution in [2.75, 3.05) is 5.32 Å². The molecule has 0 fully saturated rings. The number of rotatable bonds is 6. The minimum atomic E-state index is -0.0214. The zero-order valence-electron chi connectivity index (χ0n) is 15.7. The van der Waals surface area contributed by atoms with Gasteiger partial charge in [0.1, 0.15) is 0 Å². The molecule has 142 valence electrons. The Morgan fingerprint density at radius 3 is 2.29 bits per heavy atom. The molecule has 1 N–H and O–H groups in total. The number of aryl methyl sites for hydroxylation is 2. The maximum atomic E-state index is 5.85. The summed E-state index contributed by atoms with van der Waals surface area (Å²) in [5.41, 5.74) is 4.32. The molecule has 0 aliphatic carbocycles. The first-order valence-corrected chi connectivity index (χ1v) is 10.5. The standard InChI is InChI=1S/C20H19N5OS2/c1-12-4-8-15(9-5-12)18-23-22-17(26-18)14(3)27-20-25-24-19(28-20)21-16-10-6-13(2)7-11-16/h4-11,14H,1-3H3,(H,21,24)/t14-/m1/s1. The Morgan fingerprint density at radius 1 is 0.893 bits per heavy atom. The van der Waals surface area contributed by atoms with Gasteiger partial charge in [0.05, 0.1) is 5.25 Å². The number of nitrogens with zero attached hydrogens (tertiary/aromatic N) is 4. The molecule has 0 saturated carbocycles. The Kier molecular flexibility index (Phi) is 5.40. The molecule has 0 saturated heterocycles. The normalized spacial score (nSPS) is 12.1. The molecule has 0 spiro atoms. The van der Waals surface area contributed by atoms with Crippen LogP contribution in [0.3, 0.4) is 0 Å². The van der Waals surface area contributed by atoms with Crippen molar-refractivity contribution in [3.63, 3.8) is 0 Å². The Balaban J connectivity index is 1.41. The van der Waals surface area contributed by atoms with Gasteiger partial charge in [-0.05, 0) is 45.0 Å². The van der Waals surface area contributed by atoms with Gasteiger partial charge >= 0.3 is 0 Å². The van der Waals surface area contributed by atoms with Gasteiger partial charge in [0.15, 0.2) is 4.34 Å². The fourth-order valence-electron chi connectivity index (χ4n) is 2.48. The summed E-state index contributed by atoms with van der Waals surface area (Å²) < 4.78 is 6.70. The summed E-state index contributed by atoms with van der Waals surface area (Å²) in [7, 11) is 0. The van der Waals surface area contributed by atoms with Gasteiger partial charge in [-0.2, -0.15) is 0 Å². The van der Waals surface area contributed by atoms with Crippen molar-refractivity contribution in [2.24, 2.45) is 0 Å². The average molecular weight is 410 g/mol. The first-order valence-electron chi connectivity index (χ1n) is 8.81. The van der Waals surface area contributed by atoms with Crippen LogP contribution in [-0.2, 0) is 0 Å². The third-order valence-electron chi connectivity index (χ3n) is 4.07. The molecule has 6 nitrogen and oxygen atoms in total. The lowest BCUT2D eigenvalue weighted by Crippen LogP contribution is -1.89. The maximum absolute atomic E-state index is 5.85. The lowest BCUT2D eigenvalue weighted by Gasteiger charge is -2.03. The SMILES string of the molecule is Cc1ccc(Nc2nnc(S[C@H](C)c3nnc(-c4ccc(C)cc4)o3)s2)cc1. The van der Waals surface area contributed by atoms with Gasteiger partial charge in [0.25, 0.3) is 0 Å². The van der Waals surface area contributed by atoms with E-state index >= 15 is 0 Å². The van der Waals surface area contributed by atoms with E-state index in [2.05, 4.69) is 44.8 Å². The highest BCUT2D eigenvalue weighted by Crippen LogP contribution is 2.38. The van der Waals surface area contributed by atoms with E-state index in [1.165, 1.54) is 22.5 Å². The minimum Gasteiger partial charge on any atom is -0.419 e. The Bertz CT molecular complexity index is 1060. The predicted molar refractivity (Wildman–Crippen MR) is 113 cm³/mol.